The van der Waals surface area contributed by atoms with Crippen LogP contribution in [0.4, 0.5) is 0 Å². The SMILES string of the molecule is O=C(CSC(=S)N1CCOCC1)c1ccc(Cl)cc1Cl. The molecule has 0 unspecified atom stereocenters. The van der Waals surface area contributed by atoms with Gasteiger partial charge in [-0.25, -0.2) is 0 Å². The topological polar surface area (TPSA) is 29.5 Å². The maximum atomic E-state index is 12.1. The predicted octanol–water partition coefficient (Wildman–Crippen LogP) is 3.53. The largest absolute Gasteiger partial charge is 0.378 e. The third kappa shape index (κ3) is 4.33. The Labute approximate surface area is 137 Å². The second-order valence-electron chi connectivity index (χ2n) is 4.20. The molecule has 0 bridgehead atoms. The highest BCUT2D eigenvalue weighted by atomic mass is 35.5. The summed E-state index contributed by atoms with van der Waals surface area (Å²) in [4.78, 5) is 14.2. The Hall–Kier alpha value is -0.330. The molecule has 1 aliphatic heterocycles. The van der Waals surface area contributed by atoms with Crippen molar-refractivity contribution in [3.63, 3.8) is 0 Å². The highest BCUT2D eigenvalue weighted by molar-refractivity contribution is 8.23. The van der Waals surface area contributed by atoms with E-state index in [0.717, 1.165) is 17.4 Å². The van der Waals surface area contributed by atoms with Crippen molar-refractivity contribution in [2.24, 2.45) is 0 Å². The Morgan fingerprint density at radius 3 is 2.70 bits per heavy atom. The van der Waals surface area contributed by atoms with E-state index < -0.39 is 0 Å². The van der Waals surface area contributed by atoms with Crippen LogP contribution >= 0.6 is 47.2 Å². The fraction of sp³-hybridized carbons (Fsp3) is 0.385. The maximum absolute atomic E-state index is 12.1. The van der Waals surface area contributed by atoms with Gasteiger partial charge in [0.2, 0.25) is 0 Å². The van der Waals surface area contributed by atoms with Crippen LogP contribution in [-0.2, 0) is 4.74 Å². The van der Waals surface area contributed by atoms with Crippen molar-refractivity contribution in [1.29, 1.82) is 0 Å². The molecule has 0 saturated carbocycles. The number of Topliss-reactive ketones (excluding diaryl/α,β-unsaturated/α-hetero) is 1. The smallest absolute Gasteiger partial charge is 0.174 e. The van der Waals surface area contributed by atoms with E-state index in [4.69, 9.17) is 40.2 Å². The zero-order valence-corrected chi connectivity index (χ0v) is 13.7. The second kappa shape index (κ2) is 7.61. The number of hydrogen-bond acceptors (Lipinski definition) is 4. The molecule has 0 atom stereocenters. The van der Waals surface area contributed by atoms with E-state index in [9.17, 15) is 4.79 Å². The minimum atomic E-state index is -0.0488. The van der Waals surface area contributed by atoms with Crippen LogP contribution in [0.3, 0.4) is 0 Å². The van der Waals surface area contributed by atoms with Gasteiger partial charge in [0.1, 0.15) is 4.32 Å². The van der Waals surface area contributed by atoms with Gasteiger partial charge in [0.05, 0.1) is 24.0 Å². The van der Waals surface area contributed by atoms with Crippen LogP contribution in [0, 0.1) is 0 Å². The number of rotatable bonds is 3. The van der Waals surface area contributed by atoms with Gasteiger partial charge in [0, 0.05) is 23.7 Å². The molecule has 1 aliphatic rings. The first kappa shape index (κ1) is 16.0. The molecule has 0 aromatic heterocycles. The van der Waals surface area contributed by atoms with Gasteiger partial charge in [-0.05, 0) is 18.2 Å². The van der Waals surface area contributed by atoms with Gasteiger partial charge in [0.15, 0.2) is 5.78 Å². The van der Waals surface area contributed by atoms with E-state index in [1.165, 1.54) is 11.8 Å². The van der Waals surface area contributed by atoms with Crippen molar-refractivity contribution in [3.05, 3.63) is 33.8 Å². The van der Waals surface area contributed by atoms with Crippen molar-refractivity contribution in [1.82, 2.24) is 4.90 Å². The average Bonchev–Trinajstić information content (AvgIpc) is 2.45. The summed E-state index contributed by atoms with van der Waals surface area (Å²) in [5, 5.41) is 0.892. The van der Waals surface area contributed by atoms with Crippen LogP contribution in [0.15, 0.2) is 18.2 Å². The van der Waals surface area contributed by atoms with E-state index in [2.05, 4.69) is 4.90 Å². The molecule has 0 amide bonds. The standard InChI is InChI=1S/C13H13Cl2NO2S2/c14-9-1-2-10(11(15)7-9)12(17)8-20-13(19)16-3-5-18-6-4-16/h1-2,7H,3-6,8H2. The minimum absolute atomic E-state index is 0.0488. The van der Waals surface area contributed by atoms with Crippen molar-refractivity contribution < 1.29 is 9.53 Å². The Bertz CT molecular complexity index is 519. The normalized spacial score (nSPS) is 15.2. The van der Waals surface area contributed by atoms with E-state index >= 15 is 0 Å². The van der Waals surface area contributed by atoms with Gasteiger partial charge < -0.3 is 9.64 Å². The zero-order chi connectivity index (χ0) is 14.5. The van der Waals surface area contributed by atoms with E-state index in [1.54, 1.807) is 18.2 Å². The molecule has 0 spiro atoms. The molecule has 3 nitrogen and oxygen atoms in total. The lowest BCUT2D eigenvalue weighted by atomic mass is 10.1. The third-order valence-electron chi connectivity index (χ3n) is 2.83. The van der Waals surface area contributed by atoms with Gasteiger partial charge in [-0.15, -0.1) is 0 Å². The summed E-state index contributed by atoms with van der Waals surface area (Å²) in [5.41, 5.74) is 0.480. The summed E-state index contributed by atoms with van der Waals surface area (Å²) in [5.74, 6) is 0.227. The lowest BCUT2D eigenvalue weighted by Crippen LogP contribution is -2.38. The quantitative estimate of drug-likeness (QED) is 0.615. The zero-order valence-electron chi connectivity index (χ0n) is 10.6. The van der Waals surface area contributed by atoms with E-state index in [-0.39, 0.29) is 11.5 Å². The number of morpholine rings is 1. The summed E-state index contributed by atoms with van der Waals surface area (Å²) in [6.07, 6.45) is 0. The summed E-state index contributed by atoms with van der Waals surface area (Å²) in [6, 6.07) is 4.87. The third-order valence-corrected chi connectivity index (χ3v) is 4.90. The molecule has 7 heteroatoms. The first-order valence-corrected chi connectivity index (χ1v) is 8.20. The molecular formula is C13H13Cl2NO2S2. The molecule has 1 aromatic carbocycles. The average molecular weight is 350 g/mol. The Morgan fingerprint density at radius 2 is 2.05 bits per heavy atom. The first-order valence-electron chi connectivity index (χ1n) is 6.05. The van der Waals surface area contributed by atoms with Crippen LogP contribution in [-0.4, -0.2) is 47.1 Å². The molecular weight excluding hydrogens is 337 g/mol. The lowest BCUT2D eigenvalue weighted by molar-refractivity contribution is 0.0702. The molecule has 108 valence electrons. The lowest BCUT2D eigenvalue weighted by Gasteiger charge is -2.28. The van der Waals surface area contributed by atoms with Crippen molar-refractivity contribution >= 4 is 57.3 Å². The van der Waals surface area contributed by atoms with Crippen LogP contribution in [0.5, 0.6) is 0 Å². The molecule has 1 aromatic rings. The maximum Gasteiger partial charge on any atom is 0.174 e. The first-order chi connectivity index (χ1) is 9.58. The summed E-state index contributed by atoms with van der Waals surface area (Å²) >= 11 is 18.5. The van der Waals surface area contributed by atoms with Gasteiger partial charge in [-0.2, -0.15) is 0 Å². The number of carbonyl (C=O) groups is 1. The summed E-state index contributed by atoms with van der Waals surface area (Å²) in [7, 11) is 0. The number of ether oxygens (including phenoxy) is 1. The van der Waals surface area contributed by atoms with Crippen LogP contribution in [0.1, 0.15) is 10.4 Å². The highest BCUT2D eigenvalue weighted by Crippen LogP contribution is 2.23. The monoisotopic (exact) mass is 349 g/mol. The van der Waals surface area contributed by atoms with Crippen LogP contribution in [0.25, 0.3) is 0 Å². The summed E-state index contributed by atoms with van der Waals surface area (Å²) in [6.45, 7) is 2.92. The molecule has 2 rings (SSSR count). The van der Waals surface area contributed by atoms with E-state index in [0.29, 0.717) is 28.8 Å². The molecule has 1 fully saturated rings. The number of thiocarbonyl (C=S) groups is 1. The highest BCUT2D eigenvalue weighted by Gasteiger charge is 2.17. The van der Waals surface area contributed by atoms with E-state index in [1.807, 2.05) is 0 Å². The van der Waals surface area contributed by atoms with Crippen molar-refractivity contribution in [2.75, 3.05) is 32.1 Å². The second-order valence-corrected chi connectivity index (χ2v) is 6.65. The fourth-order valence-corrected chi connectivity index (χ4v) is 3.41. The Morgan fingerprint density at radius 1 is 1.35 bits per heavy atom. The fourth-order valence-electron chi connectivity index (χ4n) is 1.76. The number of carbonyl (C=O) groups excluding carboxylic acids is 1. The number of halogens is 2. The number of thioether (sulfide) groups is 1. The Kier molecular flexibility index (Phi) is 6.11. The number of ketones is 1. The van der Waals surface area contributed by atoms with Crippen LogP contribution < -0.4 is 0 Å². The van der Waals surface area contributed by atoms with Gasteiger partial charge >= 0.3 is 0 Å². The Balaban J connectivity index is 1.89. The number of hydrogen-bond donors (Lipinski definition) is 0. The molecule has 20 heavy (non-hydrogen) atoms. The van der Waals surface area contributed by atoms with Gasteiger partial charge in [0.25, 0.3) is 0 Å². The molecule has 0 radical (unpaired) electrons. The molecule has 1 heterocycles. The molecule has 0 aliphatic carbocycles. The molecule has 0 N–H and O–H groups in total. The molecule has 1 saturated heterocycles. The predicted molar refractivity (Wildman–Crippen MR) is 88.2 cm³/mol. The van der Waals surface area contributed by atoms with Crippen molar-refractivity contribution in [3.8, 4) is 0 Å². The van der Waals surface area contributed by atoms with Crippen molar-refractivity contribution in [2.45, 2.75) is 0 Å². The summed E-state index contributed by atoms with van der Waals surface area (Å²) < 4.78 is 5.99. The van der Waals surface area contributed by atoms with Gasteiger partial charge in [-0.1, -0.05) is 47.2 Å². The van der Waals surface area contributed by atoms with Gasteiger partial charge in [-0.3, -0.25) is 4.79 Å². The van der Waals surface area contributed by atoms with Crippen LogP contribution in [0.2, 0.25) is 10.0 Å². The number of nitrogens with zero attached hydrogens (tertiary/aromatic N) is 1. The number of benzene rings is 1. The minimum Gasteiger partial charge on any atom is -0.378 e.